The molecule has 14 heteroatoms. The zero-order valence-corrected chi connectivity index (χ0v) is 35.2. The second-order valence-corrected chi connectivity index (χ2v) is 16.4. The first-order valence-corrected chi connectivity index (χ1v) is 21.2. The Morgan fingerprint density at radius 2 is 1.62 bits per heavy atom. The summed E-state index contributed by atoms with van der Waals surface area (Å²) in [5.41, 5.74) is 4.75. The molecule has 7 rings (SSSR count). The van der Waals surface area contributed by atoms with Gasteiger partial charge in [0.1, 0.15) is 23.2 Å². The van der Waals surface area contributed by atoms with Crippen LogP contribution in [0.3, 0.4) is 0 Å². The summed E-state index contributed by atoms with van der Waals surface area (Å²) >= 11 is 6.07. The van der Waals surface area contributed by atoms with Crippen LogP contribution in [0, 0.1) is 0 Å². The number of hydrogen-bond donors (Lipinski definition) is 2. The fourth-order valence-electron chi connectivity index (χ4n) is 8.22. The molecule has 1 saturated heterocycles. The molecule has 3 aliphatic rings. The van der Waals surface area contributed by atoms with Gasteiger partial charge in [-0.2, -0.15) is 0 Å². The van der Waals surface area contributed by atoms with Gasteiger partial charge >= 0.3 is 0 Å². The van der Waals surface area contributed by atoms with E-state index in [0.717, 1.165) is 71.6 Å². The van der Waals surface area contributed by atoms with Crippen molar-refractivity contribution in [3.8, 4) is 11.5 Å². The molecule has 4 aromatic rings. The maximum absolute atomic E-state index is 13.2. The molecule has 1 aliphatic carbocycles. The third-order valence-corrected chi connectivity index (χ3v) is 12.1. The fraction of sp³-hybridized carbons (Fsp3) is 0.383. The summed E-state index contributed by atoms with van der Waals surface area (Å²) in [6.45, 7) is 1.37. The number of amides is 6. The number of carbonyl (C=O) groups excluding carboxylic acids is 6. The number of fused-ring (bicyclic) bond motifs is 1. The van der Waals surface area contributed by atoms with E-state index in [1.54, 1.807) is 24.3 Å². The Kier molecular flexibility index (Phi) is 13.8. The lowest BCUT2D eigenvalue weighted by atomic mass is 9.68. The number of piperidine rings is 1. The van der Waals surface area contributed by atoms with Gasteiger partial charge < -0.3 is 19.7 Å². The molecule has 13 nitrogen and oxygen atoms in total. The Hall–Kier alpha value is -6.08. The van der Waals surface area contributed by atoms with Crippen molar-refractivity contribution in [2.24, 2.45) is 0 Å². The number of aromatic nitrogens is 1. The second kappa shape index (κ2) is 19.5. The highest BCUT2D eigenvalue weighted by Gasteiger charge is 2.44. The first-order valence-electron chi connectivity index (χ1n) is 20.9. The number of rotatable bonds is 18. The predicted octanol–water partition coefficient (Wildman–Crippen LogP) is 6.77. The molecule has 61 heavy (non-hydrogen) atoms. The molecule has 3 heterocycles. The number of imide groups is 2. The van der Waals surface area contributed by atoms with Crippen LogP contribution in [0.4, 0.5) is 0 Å². The lowest BCUT2D eigenvalue weighted by Gasteiger charge is -2.36. The minimum atomic E-state index is -1.01. The predicted molar refractivity (Wildman–Crippen MR) is 228 cm³/mol. The smallest absolute Gasteiger partial charge is 0.270 e. The molecule has 6 amide bonds. The van der Waals surface area contributed by atoms with E-state index in [4.69, 9.17) is 21.1 Å². The average Bonchev–Trinajstić information content (AvgIpc) is 3.48. The molecule has 1 saturated carbocycles. The largest absolute Gasteiger partial charge is 0.495 e. The summed E-state index contributed by atoms with van der Waals surface area (Å²) in [5, 5.41) is 5.90. The highest BCUT2D eigenvalue weighted by Crippen LogP contribution is 2.50. The molecule has 2 fully saturated rings. The lowest BCUT2D eigenvalue weighted by Crippen LogP contribution is -2.54. The number of benzene rings is 3. The van der Waals surface area contributed by atoms with E-state index in [1.807, 2.05) is 49.5 Å². The number of nitrogens with one attached hydrogen (secondary N) is 2. The molecule has 2 aliphatic heterocycles. The Bertz CT molecular complexity index is 2310. The average molecular weight is 848 g/mol. The molecular formula is C47H50ClN5O8. The van der Waals surface area contributed by atoms with Crippen LogP contribution < -0.4 is 20.1 Å². The van der Waals surface area contributed by atoms with Crippen molar-refractivity contribution in [1.29, 1.82) is 0 Å². The zero-order chi connectivity index (χ0) is 43.0. The third-order valence-electron chi connectivity index (χ3n) is 11.8. The van der Waals surface area contributed by atoms with E-state index >= 15 is 0 Å². The number of hydrogen-bond acceptors (Lipinski definition) is 9. The van der Waals surface area contributed by atoms with Crippen molar-refractivity contribution in [2.45, 2.75) is 88.6 Å². The monoisotopic (exact) mass is 847 g/mol. The minimum absolute atomic E-state index is 0.0219. The van der Waals surface area contributed by atoms with Gasteiger partial charge in [-0.3, -0.25) is 39.0 Å². The molecule has 0 bridgehead atoms. The van der Waals surface area contributed by atoms with Gasteiger partial charge in [0.2, 0.25) is 17.7 Å². The van der Waals surface area contributed by atoms with Gasteiger partial charge in [-0.15, -0.1) is 0 Å². The number of nitrogens with zero attached hydrogens (tertiary/aromatic N) is 3. The van der Waals surface area contributed by atoms with Crippen LogP contribution in [0.25, 0.3) is 0 Å². The maximum atomic E-state index is 13.2. The van der Waals surface area contributed by atoms with Gasteiger partial charge in [-0.05, 0) is 97.0 Å². The highest BCUT2D eigenvalue weighted by molar-refractivity contribution is 6.30. The highest BCUT2D eigenvalue weighted by atomic mass is 35.5. The molecule has 3 aromatic carbocycles. The number of likely N-dealkylation sites (N-methyl/N-ethyl adjacent to an activating group) is 1. The van der Waals surface area contributed by atoms with Crippen LogP contribution in [0.1, 0.15) is 123 Å². The van der Waals surface area contributed by atoms with Crippen LogP contribution in [0.15, 0.2) is 79.0 Å². The molecular weight excluding hydrogens is 798 g/mol. The summed E-state index contributed by atoms with van der Waals surface area (Å²) in [4.78, 5) is 83.2. The van der Waals surface area contributed by atoms with E-state index in [0.29, 0.717) is 42.8 Å². The summed E-state index contributed by atoms with van der Waals surface area (Å²) < 4.78 is 11.5. The van der Waals surface area contributed by atoms with Crippen molar-refractivity contribution >= 4 is 47.0 Å². The molecule has 0 radical (unpaired) electrons. The number of pyridine rings is 1. The van der Waals surface area contributed by atoms with E-state index in [9.17, 15) is 28.8 Å². The Morgan fingerprint density at radius 3 is 2.39 bits per heavy atom. The summed E-state index contributed by atoms with van der Waals surface area (Å²) in [6, 6.07) is 21.2. The van der Waals surface area contributed by atoms with Crippen LogP contribution in [0.5, 0.6) is 11.5 Å². The first-order chi connectivity index (χ1) is 29.5. The van der Waals surface area contributed by atoms with Gasteiger partial charge in [-0.1, -0.05) is 67.3 Å². The fourth-order valence-corrected chi connectivity index (χ4v) is 8.35. The topological polar surface area (TPSA) is 164 Å². The maximum Gasteiger partial charge on any atom is 0.270 e. The molecule has 318 valence electrons. The van der Waals surface area contributed by atoms with Crippen molar-refractivity contribution in [3.63, 3.8) is 0 Å². The van der Waals surface area contributed by atoms with Crippen molar-refractivity contribution in [1.82, 2.24) is 25.4 Å². The van der Waals surface area contributed by atoms with Gasteiger partial charge in [0.15, 0.2) is 0 Å². The molecule has 1 atom stereocenters. The number of methoxy groups -OCH3 is 1. The van der Waals surface area contributed by atoms with Crippen LogP contribution in [-0.4, -0.2) is 83.6 Å². The van der Waals surface area contributed by atoms with E-state index in [2.05, 4.69) is 27.8 Å². The van der Waals surface area contributed by atoms with Crippen LogP contribution >= 0.6 is 11.6 Å². The molecule has 1 unspecified atom stereocenters. The molecule has 0 spiro atoms. The summed E-state index contributed by atoms with van der Waals surface area (Å²) in [5.74, 6) is -0.582. The Morgan fingerprint density at radius 1 is 0.885 bits per heavy atom. The quantitative estimate of drug-likeness (QED) is 0.0813. The van der Waals surface area contributed by atoms with Gasteiger partial charge in [0, 0.05) is 37.1 Å². The van der Waals surface area contributed by atoms with Crippen molar-refractivity contribution in [3.05, 3.63) is 123 Å². The minimum Gasteiger partial charge on any atom is -0.495 e. The second-order valence-electron chi connectivity index (χ2n) is 16.0. The lowest BCUT2D eigenvalue weighted by molar-refractivity contribution is -0.136. The number of ether oxygens (including phenoxy) is 2. The Balaban J connectivity index is 0.786. The first kappa shape index (κ1) is 43.0. The summed E-state index contributed by atoms with van der Waals surface area (Å²) in [7, 11) is 3.43. The van der Waals surface area contributed by atoms with Gasteiger partial charge in [0.05, 0.1) is 37.5 Å². The van der Waals surface area contributed by atoms with Crippen LogP contribution in [0.2, 0.25) is 5.02 Å². The number of unbranched alkanes of at least 4 members (excludes halogenated alkanes) is 4. The van der Waals surface area contributed by atoms with Gasteiger partial charge in [-0.25, -0.2) is 4.98 Å². The molecule has 1 aromatic heterocycles. The molecule has 2 N–H and O–H groups in total. The standard InChI is InChI=1S/C47H50ClN5O8/c1-52(19-6-4-3-5-7-20-61-35-15-16-36-38(25-35)47(59)53(46(36)58)40-17-18-42(54)51-45(40)57)43(55)22-29-9-8-10-30(21-29)27-50-44(56)39-26-37(41(60-2)28-49-39)33-23-32(24-33)31-11-13-34(48)14-12-31/h8-16,21,25-26,28,32-33,40H,3-7,17-20,22-24,27H2,1-2H3,(H,50,56)(H,51,54,57). The third kappa shape index (κ3) is 10.3. The van der Waals surface area contributed by atoms with Gasteiger partial charge in [0.25, 0.3) is 17.7 Å². The normalized spacial score (nSPS) is 18.3. The summed E-state index contributed by atoms with van der Waals surface area (Å²) in [6.07, 6.45) is 8.46. The van der Waals surface area contributed by atoms with Crippen molar-refractivity contribution < 1.29 is 38.2 Å². The SMILES string of the molecule is COc1cnc(C(=O)NCc2cccc(CC(=O)N(C)CCCCCCCOc3ccc4c(c3)C(=O)N(C3CCC(=O)NC3=O)C4=O)c2)cc1C1CC(c2ccc(Cl)cc2)C1. The van der Waals surface area contributed by atoms with E-state index in [-0.39, 0.29) is 48.1 Å². The number of carbonyl (C=O) groups is 6. The van der Waals surface area contributed by atoms with E-state index in [1.165, 1.54) is 17.7 Å². The van der Waals surface area contributed by atoms with Crippen LogP contribution in [-0.2, 0) is 27.3 Å². The Labute approximate surface area is 360 Å². The van der Waals surface area contributed by atoms with Crippen molar-refractivity contribution in [2.75, 3.05) is 27.3 Å². The number of halogens is 1. The van der Waals surface area contributed by atoms with E-state index < -0.39 is 29.7 Å². The zero-order valence-electron chi connectivity index (χ0n) is 34.4.